The smallest absolute Gasteiger partial charge is 0.335 e. The van der Waals surface area contributed by atoms with Crippen molar-refractivity contribution in [3.05, 3.63) is 97.6 Å². The summed E-state index contributed by atoms with van der Waals surface area (Å²) in [7, 11) is 0. The van der Waals surface area contributed by atoms with Crippen molar-refractivity contribution >= 4 is 29.8 Å². The van der Waals surface area contributed by atoms with Crippen molar-refractivity contribution in [3.63, 3.8) is 0 Å². The van der Waals surface area contributed by atoms with Crippen molar-refractivity contribution in [3.8, 4) is 17.2 Å². The van der Waals surface area contributed by atoms with E-state index in [0.717, 1.165) is 18.2 Å². The van der Waals surface area contributed by atoms with Crippen LogP contribution in [0.5, 0.6) is 17.2 Å². The van der Waals surface area contributed by atoms with Gasteiger partial charge in [-0.3, -0.25) is 4.79 Å². The van der Waals surface area contributed by atoms with Crippen LogP contribution in [0.1, 0.15) is 15.9 Å². The Morgan fingerprint density at radius 1 is 0.677 bits per heavy atom. The molecule has 0 unspecified atom stereocenters. The van der Waals surface area contributed by atoms with E-state index in [0.29, 0.717) is 11.3 Å². The molecule has 31 heavy (non-hydrogen) atoms. The molecular weight excluding hydrogens is 400 g/mol. The fraction of sp³-hybridized carbons (Fsp3) is 0. The molecule has 2 aromatic carbocycles. The maximum atomic E-state index is 12.5. The highest BCUT2D eigenvalue weighted by Gasteiger charge is 2.14. The Bertz CT molecular complexity index is 1080. The van der Waals surface area contributed by atoms with Gasteiger partial charge in [-0.1, -0.05) is 37.9 Å². The highest BCUT2D eigenvalue weighted by molar-refractivity contribution is 6.07. The van der Waals surface area contributed by atoms with E-state index < -0.39 is 17.9 Å². The van der Waals surface area contributed by atoms with Gasteiger partial charge in [-0.25, -0.2) is 14.4 Å². The van der Waals surface area contributed by atoms with Crippen LogP contribution in [0.4, 0.5) is 0 Å². The summed E-state index contributed by atoms with van der Waals surface area (Å²) in [6, 6.07) is 10.5. The van der Waals surface area contributed by atoms with Crippen LogP contribution in [0.25, 0.3) is 6.08 Å². The molecule has 2 rings (SSSR count). The molecule has 0 atom stereocenters. The third-order valence-electron chi connectivity index (χ3n) is 3.68. The molecule has 0 amide bonds. The van der Waals surface area contributed by atoms with Gasteiger partial charge in [0.1, 0.15) is 5.75 Å². The molecule has 0 aliphatic carbocycles. The highest BCUT2D eigenvalue weighted by atomic mass is 16.6. The number of allylic oxidation sites excluding steroid dienone is 1. The summed E-state index contributed by atoms with van der Waals surface area (Å²) in [5.41, 5.74) is 0.875. The van der Waals surface area contributed by atoms with E-state index in [4.69, 9.17) is 14.2 Å². The van der Waals surface area contributed by atoms with Gasteiger partial charge in [-0.15, -0.1) is 0 Å². The molecule has 0 saturated carbocycles. The standard InChI is InChI=1S/C24H18O7/c1-4-22(26)29-18-11-7-16(8-12-18)9-13-19(25)17-10-14-20(30-23(27)5-2)21(15-17)31-24(28)6-3/h4-15H,1-3H2/b13-9+. The third-order valence-corrected chi connectivity index (χ3v) is 3.68. The second kappa shape index (κ2) is 10.9. The zero-order chi connectivity index (χ0) is 22.8. The maximum absolute atomic E-state index is 12.5. The van der Waals surface area contributed by atoms with E-state index in [1.54, 1.807) is 30.3 Å². The zero-order valence-electron chi connectivity index (χ0n) is 16.4. The first kappa shape index (κ1) is 22.8. The number of rotatable bonds is 9. The van der Waals surface area contributed by atoms with Crippen molar-refractivity contribution in [2.24, 2.45) is 0 Å². The minimum Gasteiger partial charge on any atom is -0.423 e. The largest absolute Gasteiger partial charge is 0.423 e. The molecule has 0 saturated heterocycles. The summed E-state index contributed by atoms with van der Waals surface area (Å²) in [6.45, 7) is 9.92. The van der Waals surface area contributed by atoms with Crippen molar-refractivity contribution < 1.29 is 33.4 Å². The molecule has 7 heteroatoms. The number of ether oxygens (including phenoxy) is 3. The molecule has 0 aliphatic heterocycles. The molecular formula is C24H18O7. The monoisotopic (exact) mass is 418 g/mol. The predicted molar refractivity (Wildman–Crippen MR) is 114 cm³/mol. The van der Waals surface area contributed by atoms with Gasteiger partial charge < -0.3 is 14.2 Å². The molecule has 0 bridgehead atoms. The number of esters is 3. The lowest BCUT2D eigenvalue weighted by Crippen LogP contribution is -2.09. The van der Waals surface area contributed by atoms with Gasteiger partial charge >= 0.3 is 17.9 Å². The van der Waals surface area contributed by atoms with Gasteiger partial charge in [0, 0.05) is 23.8 Å². The average molecular weight is 418 g/mol. The molecule has 0 aromatic heterocycles. The predicted octanol–water partition coefficient (Wildman–Crippen LogP) is 3.86. The van der Waals surface area contributed by atoms with Crippen LogP contribution in [0.3, 0.4) is 0 Å². The van der Waals surface area contributed by atoms with Gasteiger partial charge in [0.15, 0.2) is 17.3 Å². The topological polar surface area (TPSA) is 96.0 Å². The van der Waals surface area contributed by atoms with Crippen LogP contribution in [-0.4, -0.2) is 23.7 Å². The molecule has 2 aromatic rings. The Kier molecular flexibility index (Phi) is 7.98. The molecule has 7 nitrogen and oxygen atoms in total. The summed E-state index contributed by atoms with van der Waals surface area (Å²) >= 11 is 0. The summed E-state index contributed by atoms with van der Waals surface area (Å²) in [5, 5.41) is 0. The van der Waals surface area contributed by atoms with E-state index in [1.165, 1.54) is 24.3 Å². The first-order chi connectivity index (χ1) is 14.9. The lowest BCUT2D eigenvalue weighted by molar-refractivity contribution is -0.131. The average Bonchev–Trinajstić information content (AvgIpc) is 2.79. The Morgan fingerprint density at radius 2 is 1.23 bits per heavy atom. The van der Waals surface area contributed by atoms with Crippen LogP contribution in [0.2, 0.25) is 0 Å². The summed E-state index contributed by atoms with van der Waals surface area (Å²) in [6.07, 6.45) is 5.81. The summed E-state index contributed by atoms with van der Waals surface area (Å²) < 4.78 is 15.0. The van der Waals surface area contributed by atoms with Crippen LogP contribution >= 0.6 is 0 Å². The van der Waals surface area contributed by atoms with Gasteiger partial charge in [-0.05, 0) is 42.0 Å². The van der Waals surface area contributed by atoms with Gasteiger partial charge in [-0.2, -0.15) is 0 Å². The fourth-order valence-electron chi connectivity index (χ4n) is 2.20. The number of hydrogen-bond donors (Lipinski definition) is 0. The second-order valence-electron chi connectivity index (χ2n) is 5.80. The quantitative estimate of drug-likeness (QED) is 0.264. The minimum atomic E-state index is -0.784. The number of hydrogen-bond acceptors (Lipinski definition) is 7. The van der Waals surface area contributed by atoms with Crippen LogP contribution in [0.15, 0.2) is 86.5 Å². The lowest BCUT2D eigenvalue weighted by Gasteiger charge is -2.09. The lowest BCUT2D eigenvalue weighted by atomic mass is 10.1. The summed E-state index contributed by atoms with van der Waals surface area (Å²) in [5.74, 6) is -2.33. The van der Waals surface area contributed by atoms with E-state index in [1.807, 2.05) is 0 Å². The van der Waals surface area contributed by atoms with E-state index in [9.17, 15) is 19.2 Å². The molecule has 0 heterocycles. The summed E-state index contributed by atoms with van der Waals surface area (Å²) in [4.78, 5) is 46.7. The SMILES string of the molecule is C=CC(=O)Oc1ccc(/C=C/C(=O)c2ccc(OC(=O)C=C)c(OC(=O)C=C)c2)cc1. The Balaban J connectivity index is 2.20. The van der Waals surface area contributed by atoms with Crippen LogP contribution in [0, 0.1) is 0 Å². The Morgan fingerprint density at radius 3 is 1.81 bits per heavy atom. The molecule has 156 valence electrons. The maximum Gasteiger partial charge on any atom is 0.335 e. The Hall–Kier alpha value is -4.52. The Labute approximate surface area is 178 Å². The fourth-order valence-corrected chi connectivity index (χ4v) is 2.20. The first-order valence-corrected chi connectivity index (χ1v) is 8.85. The van der Waals surface area contributed by atoms with Gasteiger partial charge in [0.25, 0.3) is 0 Å². The van der Waals surface area contributed by atoms with Crippen molar-refractivity contribution in [2.45, 2.75) is 0 Å². The molecule has 0 N–H and O–H groups in total. The van der Waals surface area contributed by atoms with Crippen LogP contribution in [-0.2, 0) is 14.4 Å². The van der Waals surface area contributed by atoms with Crippen molar-refractivity contribution in [2.75, 3.05) is 0 Å². The minimum absolute atomic E-state index is 0.0507. The second-order valence-corrected chi connectivity index (χ2v) is 5.80. The molecule has 0 fully saturated rings. The first-order valence-electron chi connectivity index (χ1n) is 8.85. The van der Waals surface area contributed by atoms with Crippen molar-refractivity contribution in [1.29, 1.82) is 0 Å². The van der Waals surface area contributed by atoms with Gasteiger partial charge in [0.05, 0.1) is 0 Å². The van der Waals surface area contributed by atoms with E-state index >= 15 is 0 Å². The normalized spacial score (nSPS) is 10.1. The van der Waals surface area contributed by atoms with Gasteiger partial charge in [0.2, 0.25) is 0 Å². The van der Waals surface area contributed by atoms with Crippen LogP contribution < -0.4 is 14.2 Å². The number of carbonyl (C=O) groups excluding carboxylic acids is 4. The van der Waals surface area contributed by atoms with E-state index in [2.05, 4.69) is 19.7 Å². The zero-order valence-corrected chi connectivity index (χ0v) is 16.4. The molecule has 0 aliphatic rings. The molecule has 0 radical (unpaired) electrons. The number of benzene rings is 2. The number of carbonyl (C=O) groups is 4. The molecule has 0 spiro atoms. The van der Waals surface area contributed by atoms with Crippen molar-refractivity contribution in [1.82, 2.24) is 0 Å². The van der Waals surface area contributed by atoms with E-state index in [-0.39, 0.29) is 22.8 Å². The number of ketones is 1. The third kappa shape index (κ3) is 6.79. The highest BCUT2D eigenvalue weighted by Crippen LogP contribution is 2.29.